The van der Waals surface area contributed by atoms with Crippen molar-refractivity contribution in [3.05, 3.63) is 58.9 Å². The Morgan fingerprint density at radius 1 is 1.17 bits per heavy atom. The lowest BCUT2D eigenvalue weighted by Gasteiger charge is -2.10. The van der Waals surface area contributed by atoms with E-state index in [1.54, 1.807) is 12.1 Å². The number of carbonyl (C=O) groups is 1. The van der Waals surface area contributed by atoms with Crippen LogP contribution in [0.2, 0.25) is 5.02 Å². The number of carboxylic acids is 1. The molecule has 0 aromatic heterocycles. The first-order valence-corrected chi connectivity index (χ1v) is 5.50. The Kier molecular flexibility index (Phi) is 3.48. The molecule has 2 aromatic rings. The van der Waals surface area contributed by atoms with Gasteiger partial charge in [0.05, 0.1) is 16.9 Å². The fourth-order valence-corrected chi connectivity index (χ4v) is 1.68. The summed E-state index contributed by atoms with van der Waals surface area (Å²) in [4.78, 5) is 11.1. The molecule has 0 saturated heterocycles. The summed E-state index contributed by atoms with van der Waals surface area (Å²) in [6, 6.07) is 10.4. The van der Waals surface area contributed by atoms with Gasteiger partial charge in [-0.1, -0.05) is 23.7 Å². The average Bonchev–Trinajstić information content (AvgIpc) is 2.34. The molecular formula is C13H9ClFNO2. The van der Waals surface area contributed by atoms with Crippen molar-refractivity contribution in [1.29, 1.82) is 0 Å². The van der Waals surface area contributed by atoms with Gasteiger partial charge < -0.3 is 10.4 Å². The molecule has 0 aliphatic carbocycles. The number of halogens is 2. The molecule has 0 fully saturated rings. The normalized spacial score (nSPS) is 10.1. The molecule has 2 N–H and O–H groups in total. The molecule has 0 atom stereocenters. The Morgan fingerprint density at radius 2 is 1.89 bits per heavy atom. The van der Waals surface area contributed by atoms with Gasteiger partial charge in [0.25, 0.3) is 0 Å². The highest BCUT2D eigenvalue weighted by atomic mass is 35.5. The molecule has 2 rings (SSSR count). The minimum absolute atomic E-state index is 0.00856. The molecule has 0 spiro atoms. The molecule has 92 valence electrons. The fourth-order valence-electron chi connectivity index (χ4n) is 1.51. The van der Waals surface area contributed by atoms with Crippen molar-refractivity contribution in [2.24, 2.45) is 0 Å². The largest absolute Gasteiger partial charge is 0.478 e. The summed E-state index contributed by atoms with van der Waals surface area (Å²) < 4.78 is 13.5. The van der Waals surface area contributed by atoms with E-state index in [0.29, 0.717) is 5.02 Å². The summed E-state index contributed by atoms with van der Waals surface area (Å²) in [5, 5.41) is 12.1. The second-order valence-corrected chi connectivity index (χ2v) is 4.04. The standard InChI is InChI=1S/C13H9ClFNO2/c14-8-5-6-11(9(7-8)13(17)18)16-12-4-2-1-3-10(12)15/h1-7,16H,(H,17,18). The highest BCUT2D eigenvalue weighted by Gasteiger charge is 2.12. The van der Waals surface area contributed by atoms with Gasteiger partial charge in [0.2, 0.25) is 0 Å². The molecule has 0 amide bonds. The van der Waals surface area contributed by atoms with Crippen LogP contribution >= 0.6 is 11.6 Å². The van der Waals surface area contributed by atoms with Crippen LogP contribution in [0.5, 0.6) is 0 Å². The Bertz CT molecular complexity index is 601. The van der Waals surface area contributed by atoms with E-state index in [2.05, 4.69) is 5.32 Å². The van der Waals surface area contributed by atoms with Gasteiger partial charge in [0, 0.05) is 5.02 Å². The molecule has 0 radical (unpaired) electrons. The van der Waals surface area contributed by atoms with Crippen molar-refractivity contribution < 1.29 is 14.3 Å². The van der Waals surface area contributed by atoms with Crippen molar-refractivity contribution in [3.63, 3.8) is 0 Å². The lowest BCUT2D eigenvalue weighted by molar-refractivity contribution is 0.0698. The van der Waals surface area contributed by atoms with Gasteiger partial charge in [-0.15, -0.1) is 0 Å². The first kappa shape index (κ1) is 12.4. The fraction of sp³-hybridized carbons (Fsp3) is 0. The zero-order valence-corrected chi connectivity index (χ0v) is 9.91. The lowest BCUT2D eigenvalue weighted by atomic mass is 10.1. The van der Waals surface area contributed by atoms with Crippen LogP contribution in [0.4, 0.5) is 15.8 Å². The predicted molar refractivity (Wildman–Crippen MR) is 68.1 cm³/mol. The number of anilines is 2. The van der Waals surface area contributed by atoms with Crippen LogP contribution in [0.25, 0.3) is 0 Å². The molecule has 18 heavy (non-hydrogen) atoms. The monoisotopic (exact) mass is 265 g/mol. The average molecular weight is 266 g/mol. The number of nitrogens with one attached hydrogen (secondary N) is 1. The second-order valence-electron chi connectivity index (χ2n) is 3.60. The van der Waals surface area contributed by atoms with Crippen LogP contribution in [0.3, 0.4) is 0 Å². The molecule has 0 bridgehead atoms. The van der Waals surface area contributed by atoms with E-state index in [-0.39, 0.29) is 16.9 Å². The van der Waals surface area contributed by atoms with Crippen LogP contribution in [0, 0.1) is 5.82 Å². The van der Waals surface area contributed by atoms with Crippen LogP contribution in [-0.2, 0) is 0 Å². The van der Waals surface area contributed by atoms with Crippen molar-refractivity contribution >= 4 is 28.9 Å². The van der Waals surface area contributed by atoms with E-state index in [0.717, 1.165) is 0 Å². The van der Waals surface area contributed by atoms with Crippen molar-refractivity contribution in [3.8, 4) is 0 Å². The Morgan fingerprint density at radius 3 is 2.56 bits per heavy atom. The van der Waals surface area contributed by atoms with Gasteiger partial charge >= 0.3 is 5.97 Å². The molecule has 0 unspecified atom stereocenters. The zero-order valence-electron chi connectivity index (χ0n) is 9.15. The second kappa shape index (κ2) is 5.06. The first-order chi connectivity index (χ1) is 8.58. The Hall–Kier alpha value is -2.07. The van der Waals surface area contributed by atoms with E-state index in [4.69, 9.17) is 16.7 Å². The number of hydrogen-bond acceptors (Lipinski definition) is 2. The molecule has 0 aliphatic rings. The number of benzene rings is 2. The van der Waals surface area contributed by atoms with Crippen LogP contribution in [0.15, 0.2) is 42.5 Å². The number of carboxylic acid groups (broad SMARTS) is 1. The van der Waals surface area contributed by atoms with Crippen LogP contribution in [0.1, 0.15) is 10.4 Å². The number of rotatable bonds is 3. The zero-order chi connectivity index (χ0) is 13.1. The maximum atomic E-state index is 13.5. The van der Waals surface area contributed by atoms with Gasteiger partial charge in [-0.3, -0.25) is 0 Å². The van der Waals surface area contributed by atoms with Crippen LogP contribution < -0.4 is 5.32 Å². The first-order valence-electron chi connectivity index (χ1n) is 5.12. The van der Waals surface area contributed by atoms with E-state index in [9.17, 15) is 9.18 Å². The number of para-hydroxylation sites is 1. The number of hydrogen-bond donors (Lipinski definition) is 2. The van der Waals surface area contributed by atoms with Gasteiger partial charge in [-0.2, -0.15) is 0 Å². The van der Waals surface area contributed by atoms with E-state index in [1.165, 1.54) is 30.3 Å². The molecule has 0 aliphatic heterocycles. The van der Waals surface area contributed by atoms with Crippen molar-refractivity contribution in [2.75, 3.05) is 5.32 Å². The SMILES string of the molecule is O=C(O)c1cc(Cl)ccc1Nc1ccccc1F. The smallest absolute Gasteiger partial charge is 0.337 e. The summed E-state index contributed by atoms with van der Waals surface area (Å²) in [5.41, 5.74) is 0.491. The molecule has 0 heterocycles. The summed E-state index contributed by atoms with van der Waals surface area (Å²) in [6.07, 6.45) is 0. The molecular weight excluding hydrogens is 257 g/mol. The molecule has 2 aromatic carbocycles. The third-order valence-electron chi connectivity index (χ3n) is 2.36. The number of aromatic carboxylic acids is 1. The Labute approximate surface area is 108 Å². The summed E-state index contributed by atoms with van der Waals surface area (Å²) in [7, 11) is 0. The van der Waals surface area contributed by atoms with E-state index < -0.39 is 11.8 Å². The van der Waals surface area contributed by atoms with Crippen molar-refractivity contribution in [1.82, 2.24) is 0 Å². The van der Waals surface area contributed by atoms with Crippen molar-refractivity contribution in [2.45, 2.75) is 0 Å². The van der Waals surface area contributed by atoms with Gasteiger partial charge in [0.1, 0.15) is 5.82 Å². The summed E-state index contributed by atoms with van der Waals surface area (Å²) in [6.45, 7) is 0. The minimum atomic E-state index is -1.13. The maximum Gasteiger partial charge on any atom is 0.337 e. The van der Waals surface area contributed by atoms with Gasteiger partial charge in [0.15, 0.2) is 0 Å². The predicted octanol–water partition coefficient (Wildman–Crippen LogP) is 3.92. The third kappa shape index (κ3) is 2.60. The lowest BCUT2D eigenvalue weighted by Crippen LogP contribution is -2.03. The maximum absolute atomic E-state index is 13.5. The van der Waals surface area contributed by atoms with E-state index >= 15 is 0 Å². The van der Waals surface area contributed by atoms with E-state index in [1.807, 2.05) is 0 Å². The van der Waals surface area contributed by atoms with Gasteiger partial charge in [-0.05, 0) is 30.3 Å². The van der Waals surface area contributed by atoms with Gasteiger partial charge in [-0.25, -0.2) is 9.18 Å². The highest BCUT2D eigenvalue weighted by Crippen LogP contribution is 2.25. The summed E-state index contributed by atoms with van der Waals surface area (Å²) in [5.74, 6) is -1.58. The topological polar surface area (TPSA) is 49.3 Å². The van der Waals surface area contributed by atoms with Crippen LogP contribution in [-0.4, -0.2) is 11.1 Å². The quantitative estimate of drug-likeness (QED) is 0.884. The molecule has 5 heteroatoms. The molecule has 3 nitrogen and oxygen atoms in total. The minimum Gasteiger partial charge on any atom is -0.478 e. The Balaban J connectivity index is 2.41. The summed E-state index contributed by atoms with van der Waals surface area (Å²) >= 11 is 5.73. The highest BCUT2D eigenvalue weighted by molar-refractivity contribution is 6.31. The molecule has 0 saturated carbocycles. The third-order valence-corrected chi connectivity index (χ3v) is 2.59.